The second kappa shape index (κ2) is 4.69. The number of hydrogen-bond acceptors (Lipinski definition) is 2. The van der Waals surface area contributed by atoms with Crippen LogP contribution in [0.2, 0.25) is 0 Å². The molecule has 1 saturated carbocycles. The van der Waals surface area contributed by atoms with E-state index in [1.165, 1.54) is 50.0 Å². The molecule has 17 heavy (non-hydrogen) atoms. The van der Waals surface area contributed by atoms with Gasteiger partial charge in [0.1, 0.15) is 0 Å². The van der Waals surface area contributed by atoms with Crippen molar-refractivity contribution in [2.45, 2.75) is 31.7 Å². The van der Waals surface area contributed by atoms with Crippen molar-refractivity contribution in [3.05, 3.63) is 29.8 Å². The maximum atomic E-state index is 3.43. The molecule has 0 radical (unpaired) electrons. The van der Waals surface area contributed by atoms with E-state index in [0.29, 0.717) is 6.04 Å². The minimum absolute atomic E-state index is 0.545. The Morgan fingerprint density at radius 2 is 2.06 bits per heavy atom. The zero-order chi connectivity index (χ0) is 11.7. The minimum atomic E-state index is 0.545. The molecule has 1 aliphatic heterocycles. The zero-order valence-electron chi connectivity index (χ0n) is 10.7. The van der Waals surface area contributed by atoms with Gasteiger partial charge in [0.2, 0.25) is 0 Å². The molecule has 2 heteroatoms. The van der Waals surface area contributed by atoms with E-state index in [1.54, 1.807) is 0 Å². The number of benzene rings is 1. The first-order valence-corrected chi connectivity index (χ1v) is 6.89. The summed E-state index contributed by atoms with van der Waals surface area (Å²) in [7, 11) is 2.07. The molecular weight excluding hydrogens is 208 g/mol. The van der Waals surface area contributed by atoms with Gasteiger partial charge in [-0.15, -0.1) is 0 Å². The highest BCUT2D eigenvalue weighted by molar-refractivity contribution is 5.56. The van der Waals surface area contributed by atoms with E-state index in [9.17, 15) is 0 Å². The van der Waals surface area contributed by atoms with Gasteiger partial charge in [0, 0.05) is 24.8 Å². The number of anilines is 1. The summed E-state index contributed by atoms with van der Waals surface area (Å²) in [4.78, 5) is 2.58. The molecule has 0 amide bonds. The van der Waals surface area contributed by atoms with Crippen molar-refractivity contribution >= 4 is 5.69 Å². The molecule has 0 aromatic heterocycles. The van der Waals surface area contributed by atoms with Crippen molar-refractivity contribution in [3.63, 3.8) is 0 Å². The first-order chi connectivity index (χ1) is 8.38. The molecule has 2 nitrogen and oxygen atoms in total. The van der Waals surface area contributed by atoms with Gasteiger partial charge in [-0.3, -0.25) is 0 Å². The van der Waals surface area contributed by atoms with Gasteiger partial charge in [-0.25, -0.2) is 0 Å². The van der Waals surface area contributed by atoms with Crippen molar-refractivity contribution in [1.29, 1.82) is 0 Å². The maximum Gasteiger partial charge on any atom is 0.0414 e. The summed E-state index contributed by atoms with van der Waals surface area (Å²) < 4.78 is 0. The lowest BCUT2D eigenvalue weighted by Crippen LogP contribution is -2.35. The number of rotatable bonds is 4. The fourth-order valence-corrected chi connectivity index (χ4v) is 2.91. The van der Waals surface area contributed by atoms with E-state index in [4.69, 9.17) is 0 Å². The number of nitrogens with zero attached hydrogens (tertiary/aromatic N) is 1. The summed E-state index contributed by atoms with van der Waals surface area (Å²) in [6.45, 7) is 2.45. The summed E-state index contributed by atoms with van der Waals surface area (Å²) in [6.07, 6.45) is 5.56. The quantitative estimate of drug-likeness (QED) is 0.855. The van der Waals surface area contributed by atoms with Crippen molar-refractivity contribution in [1.82, 2.24) is 5.32 Å². The van der Waals surface area contributed by atoms with E-state index in [1.807, 2.05) is 0 Å². The first kappa shape index (κ1) is 11.1. The number of fused-ring (bicyclic) bond motifs is 1. The Labute approximate surface area is 104 Å². The lowest BCUT2D eigenvalue weighted by Gasteiger charge is -2.35. The number of nitrogens with one attached hydrogen (secondary N) is 1. The number of para-hydroxylation sites is 1. The smallest absolute Gasteiger partial charge is 0.0414 e. The molecule has 3 rings (SSSR count). The van der Waals surface area contributed by atoms with Crippen LogP contribution in [0.5, 0.6) is 0 Å². The largest absolute Gasteiger partial charge is 0.371 e. The van der Waals surface area contributed by atoms with Crippen LogP contribution in [0.3, 0.4) is 0 Å². The summed E-state index contributed by atoms with van der Waals surface area (Å²) in [5, 5.41) is 3.43. The highest BCUT2D eigenvalue weighted by Gasteiger charge is 2.26. The molecule has 1 unspecified atom stereocenters. The Bertz CT molecular complexity index is 384. The normalized spacial score (nSPS) is 23.6. The van der Waals surface area contributed by atoms with Crippen molar-refractivity contribution < 1.29 is 0 Å². The third kappa shape index (κ3) is 2.32. The van der Waals surface area contributed by atoms with E-state index >= 15 is 0 Å². The van der Waals surface area contributed by atoms with Crippen LogP contribution in [-0.4, -0.2) is 20.1 Å². The lowest BCUT2D eigenvalue weighted by molar-refractivity contribution is 0.510. The van der Waals surface area contributed by atoms with E-state index < -0.39 is 0 Å². The number of hydrogen-bond donors (Lipinski definition) is 1. The highest BCUT2D eigenvalue weighted by Crippen LogP contribution is 2.36. The molecule has 0 saturated heterocycles. The van der Waals surface area contributed by atoms with Crippen LogP contribution in [0.25, 0.3) is 0 Å². The van der Waals surface area contributed by atoms with Gasteiger partial charge < -0.3 is 10.2 Å². The van der Waals surface area contributed by atoms with E-state index in [0.717, 1.165) is 5.92 Å². The van der Waals surface area contributed by atoms with Crippen LogP contribution in [0.1, 0.15) is 37.3 Å². The summed E-state index contributed by atoms with van der Waals surface area (Å²) >= 11 is 0. The van der Waals surface area contributed by atoms with E-state index in [-0.39, 0.29) is 0 Å². The van der Waals surface area contributed by atoms with Gasteiger partial charge >= 0.3 is 0 Å². The molecule has 1 N–H and O–H groups in total. The van der Waals surface area contributed by atoms with Crippen LogP contribution in [0, 0.1) is 5.92 Å². The summed E-state index contributed by atoms with van der Waals surface area (Å²) in [6, 6.07) is 9.43. The van der Waals surface area contributed by atoms with Crippen molar-refractivity contribution in [3.8, 4) is 0 Å². The molecule has 2 aliphatic rings. The second-order valence-electron chi connectivity index (χ2n) is 5.41. The predicted molar refractivity (Wildman–Crippen MR) is 72.4 cm³/mol. The molecule has 1 heterocycles. The van der Waals surface area contributed by atoms with Gasteiger partial charge in [-0.2, -0.15) is 0 Å². The Hall–Kier alpha value is -1.02. The zero-order valence-corrected chi connectivity index (χ0v) is 10.7. The average Bonchev–Trinajstić information content (AvgIpc) is 3.20. The van der Waals surface area contributed by atoms with Crippen molar-refractivity contribution in [2.75, 3.05) is 25.0 Å². The molecular formula is C15H22N2. The Morgan fingerprint density at radius 1 is 1.24 bits per heavy atom. The van der Waals surface area contributed by atoms with Crippen LogP contribution < -0.4 is 10.2 Å². The fraction of sp³-hybridized carbons (Fsp3) is 0.600. The second-order valence-corrected chi connectivity index (χ2v) is 5.41. The van der Waals surface area contributed by atoms with Crippen LogP contribution in [-0.2, 0) is 0 Å². The Morgan fingerprint density at radius 3 is 2.82 bits per heavy atom. The molecule has 0 spiro atoms. The summed E-state index contributed by atoms with van der Waals surface area (Å²) in [5.41, 5.74) is 2.94. The molecule has 1 aliphatic carbocycles. The minimum Gasteiger partial charge on any atom is -0.371 e. The molecule has 1 aromatic rings. The molecule has 1 aromatic carbocycles. The highest BCUT2D eigenvalue weighted by atomic mass is 15.1. The van der Waals surface area contributed by atoms with Gasteiger partial charge in [0.05, 0.1) is 0 Å². The van der Waals surface area contributed by atoms with Crippen molar-refractivity contribution in [2.24, 2.45) is 5.92 Å². The summed E-state index contributed by atoms with van der Waals surface area (Å²) in [5.74, 6) is 1.03. The van der Waals surface area contributed by atoms with Gasteiger partial charge in [-0.05, 0) is 37.4 Å². The molecule has 92 valence electrons. The molecule has 0 bridgehead atoms. The lowest BCUT2D eigenvalue weighted by atomic mass is 9.96. The fourth-order valence-electron chi connectivity index (χ4n) is 2.91. The first-order valence-electron chi connectivity index (χ1n) is 6.89. The maximum absolute atomic E-state index is 3.43. The van der Waals surface area contributed by atoms with Crippen LogP contribution >= 0.6 is 0 Å². The van der Waals surface area contributed by atoms with Gasteiger partial charge in [0.25, 0.3) is 0 Å². The van der Waals surface area contributed by atoms with Crippen LogP contribution in [0.4, 0.5) is 5.69 Å². The van der Waals surface area contributed by atoms with Crippen LogP contribution in [0.15, 0.2) is 24.3 Å². The monoisotopic (exact) mass is 230 g/mol. The SMILES string of the molecule is CNC1CCN(CCC2CC2)c2ccccc21. The standard InChI is InChI=1S/C15H22N2/c1-16-14-9-11-17(10-8-12-6-7-12)15-5-3-2-4-13(14)15/h2-5,12,14,16H,6-11H2,1H3. The average molecular weight is 230 g/mol. The third-order valence-electron chi connectivity index (χ3n) is 4.19. The van der Waals surface area contributed by atoms with Gasteiger partial charge in [0.15, 0.2) is 0 Å². The Kier molecular flexibility index (Phi) is 3.06. The van der Waals surface area contributed by atoms with E-state index in [2.05, 4.69) is 41.5 Å². The third-order valence-corrected chi connectivity index (χ3v) is 4.19. The molecule has 1 fully saturated rings. The topological polar surface area (TPSA) is 15.3 Å². The predicted octanol–water partition coefficient (Wildman–Crippen LogP) is 2.96. The van der Waals surface area contributed by atoms with Gasteiger partial charge in [-0.1, -0.05) is 31.0 Å². The Balaban J connectivity index is 1.77. The molecule has 1 atom stereocenters.